The maximum absolute atomic E-state index is 14.3. The van der Waals surface area contributed by atoms with E-state index >= 15 is 0 Å². The number of ether oxygens (including phenoxy) is 1. The average Bonchev–Trinajstić information content (AvgIpc) is 3.84. The Bertz CT molecular complexity index is 1980. The molecule has 5 heterocycles. The average molecular weight is 640 g/mol. The highest BCUT2D eigenvalue weighted by molar-refractivity contribution is 5.92. The summed E-state index contributed by atoms with van der Waals surface area (Å²) in [5.41, 5.74) is 5.07. The van der Waals surface area contributed by atoms with Crippen LogP contribution in [0.1, 0.15) is 88.6 Å². The molecule has 0 N–H and O–H groups in total. The van der Waals surface area contributed by atoms with Crippen molar-refractivity contribution in [3.63, 3.8) is 0 Å². The van der Waals surface area contributed by atoms with Crippen LogP contribution in [0.4, 0.5) is 10.6 Å². The van der Waals surface area contributed by atoms with E-state index in [0.717, 1.165) is 46.3 Å². The Morgan fingerprint density at radius 1 is 1.04 bits per heavy atom. The highest BCUT2D eigenvalue weighted by Crippen LogP contribution is 2.46. The molecule has 1 amide bonds. The second-order valence-corrected chi connectivity index (χ2v) is 14.4. The zero-order valence-corrected chi connectivity index (χ0v) is 28.9. The molecule has 1 saturated carbocycles. The monoisotopic (exact) mass is 639 g/mol. The van der Waals surface area contributed by atoms with E-state index in [1.54, 1.807) is 27.3 Å². The molecule has 4 aromatic heterocycles. The van der Waals surface area contributed by atoms with Gasteiger partial charge in [-0.05, 0) is 95.5 Å². The fourth-order valence-corrected chi connectivity index (χ4v) is 6.56. The van der Waals surface area contributed by atoms with Gasteiger partial charge in [0.05, 0.1) is 22.5 Å². The Hall–Kier alpha value is -4.54. The number of carbonyl (C=O) groups excluding carboxylic acids is 1. The summed E-state index contributed by atoms with van der Waals surface area (Å²) in [5.74, 6) is 0.923. The highest BCUT2D eigenvalue weighted by Gasteiger charge is 2.34. The van der Waals surface area contributed by atoms with Crippen molar-refractivity contribution in [2.75, 3.05) is 24.5 Å². The molecular weight excluding hydrogens is 594 g/mol. The smallest absolute Gasteiger partial charge is 0.410 e. The molecule has 11 nitrogen and oxygen atoms in total. The normalized spacial score (nSPS) is 17.1. The second kappa shape index (κ2) is 11.9. The first kappa shape index (κ1) is 32.4. The van der Waals surface area contributed by atoms with E-state index in [9.17, 15) is 14.4 Å². The largest absolute Gasteiger partial charge is 0.444 e. The van der Waals surface area contributed by atoms with Gasteiger partial charge in [0.2, 0.25) is 0 Å². The number of anilines is 1. The van der Waals surface area contributed by atoms with Crippen molar-refractivity contribution in [2.45, 2.75) is 91.7 Å². The minimum absolute atomic E-state index is 0.0454. The van der Waals surface area contributed by atoms with Crippen LogP contribution in [0.2, 0.25) is 0 Å². The van der Waals surface area contributed by atoms with E-state index in [1.807, 2.05) is 59.9 Å². The first-order valence-electron chi connectivity index (χ1n) is 16.5. The molecule has 1 aliphatic carbocycles. The van der Waals surface area contributed by atoms with Gasteiger partial charge >= 0.3 is 11.8 Å². The summed E-state index contributed by atoms with van der Waals surface area (Å²) in [6, 6.07) is 5.81. The quantitative estimate of drug-likeness (QED) is 0.277. The maximum atomic E-state index is 14.3. The van der Waals surface area contributed by atoms with Gasteiger partial charge in [-0.1, -0.05) is 13.8 Å². The lowest BCUT2D eigenvalue weighted by Crippen LogP contribution is -2.55. The predicted molar refractivity (Wildman–Crippen MR) is 184 cm³/mol. The van der Waals surface area contributed by atoms with Crippen LogP contribution in [0.5, 0.6) is 0 Å². The molecule has 248 valence electrons. The molecule has 0 unspecified atom stereocenters. The Labute approximate surface area is 275 Å². The number of fused-ring (bicyclic) bond motifs is 1. The number of aromatic nitrogens is 5. The third-order valence-electron chi connectivity index (χ3n) is 9.01. The van der Waals surface area contributed by atoms with Gasteiger partial charge in [0.15, 0.2) is 5.65 Å². The van der Waals surface area contributed by atoms with Crippen LogP contribution in [-0.4, -0.2) is 66.4 Å². The summed E-state index contributed by atoms with van der Waals surface area (Å²) < 4.78 is 8.86. The topological polar surface area (TPSA) is 115 Å². The summed E-state index contributed by atoms with van der Waals surface area (Å²) in [7, 11) is 1.75. The molecule has 1 atom stereocenters. The number of carbonyl (C=O) groups is 1. The number of amides is 1. The highest BCUT2D eigenvalue weighted by atomic mass is 16.6. The fourth-order valence-electron chi connectivity index (χ4n) is 6.56. The molecule has 0 aromatic carbocycles. The number of hydrogen-bond donors (Lipinski definition) is 0. The minimum atomic E-state index is -0.592. The molecule has 0 bridgehead atoms. The molecule has 0 radical (unpaired) electrons. The summed E-state index contributed by atoms with van der Waals surface area (Å²) >= 11 is 0. The van der Waals surface area contributed by atoms with Gasteiger partial charge in [-0.3, -0.25) is 9.78 Å². The Kier molecular flexibility index (Phi) is 8.22. The van der Waals surface area contributed by atoms with Crippen LogP contribution in [0.15, 0.2) is 40.2 Å². The lowest BCUT2D eigenvalue weighted by Gasteiger charge is -2.41. The molecule has 47 heavy (non-hydrogen) atoms. The third-order valence-corrected chi connectivity index (χ3v) is 9.01. The molecule has 1 saturated heterocycles. The Morgan fingerprint density at radius 3 is 2.38 bits per heavy atom. The Morgan fingerprint density at radius 2 is 1.77 bits per heavy atom. The number of hydrogen-bond acceptors (Lipinski definition) is 8. The maximum Gasteiger partial charge on any atom is 0.410 e. The number of piperazine rings is 1. The van der Waals surface area contributed by atoms with Crippen LogP contribution < -0.4 is 16.1 Å². The molecule has 6 rings (SSSR count). The van der Waals surface area contributed by atoms with Crippen molar-refractivity contribution in [3.8, 4) is 16.9 Å². The van der Waals surface area contributed by atoms with Gasteiger partial charge in [0.1, 0.15) is 11.4 Å². The number of rotatable bonds is 5. The van der Waals surface area contributed by atoms with Crippen LogP contribution in [0, 0.1) is 13.8 Å². The molecular formula is C36H45N7O4. The molecule has 2 aliphatic rings. The molecule has 2 fully saturated rings. The van der Waals surface area contributed by atoms with Crippen LogP contribution >= 0.6 is 0 Å². The van der Waals surface area contributed by atoms with E-state index in [1.165, 1.54) is 0 Å². The van der Waals surface area contributed by atoms with Gasteiger partial charge in [-0.15, -0.1) is 0 Å². The molecule has 4 aromatic rings. The van der Waals surface area contributed by atoms with Crippen molar-refractivity contribution in [1.82, 2.24) is 29.0 Å². The minimum Gasteiger partial charge on any atom is -0.444 e. The first-order chi connectivity index (χ1) is 22.1. The predicted octanol–water partition coefficient (Wildman–Crippen LogP) is 5.60. The van der Waals surface area contributed by atoms with Gasteiger partial charge in [0, 0.05) is 56.2 Å². The zero-order chi connectivity index (χ0) is 33.9. The van der Waals surface area contributed by atoms with Crippen molar-refractivity contribution < 1.29 is 9.53 Å². The lowest BCUT2D eigenvalue weighted by molar-refractivity contribution is 0.0218. The van der Waals surface area contributed by atoms with E-state index < -0.39 is 11.3 Å². The van der Waals surface area contributed by atoms with Crippen molar-refractivity contribution in [3.05, 3.63) is 73.8 Å². The molecule has 1 aliphatic heterocycles. The lowest BCUT2D eigenvalue weighted by atomic mass is 10.00. The summed E-state index contributed by atoms with van der Waals surface area (Å²) in [6.07, 6.45) is 5.33. The first-order valence-corrected chi connectivity index (χ1v) is 16.5. The summed E-state index contributed by atoms with van der Waals surface area (Å²) in [4.78, 5) is 58.5. The number of pyridine rings is 3. The number of nitrogens with zero attached hydrogens (tertiary/aromatic N) is 7. The third kappa shape index (κ3) is 6.15. The van der Waals surface area contributed by atoms with Crippen LogP contribution in [-0.2, 0) is 11.8 Å². The van der Waals surface area contributed by atoms with Crippen molar-refractivity contribution in [2.24, 2.45) is 7.05 Å². The standard InChI is InChI=1S/C36H45N7O4/c1-20(2)28-30(21(3)12-13-37-28)43-32-27(17-26(24-10-11-24)29(38-32)25-16-22(4)33(44)40(9)19-25)31(39-34(43)45)42-15-14-41(18-23(42)5)35(46)47-36(6,7)8/h12-13,16-17,19-20,23-24H,10-11,14-15,18H2,1-9H3/t23-/m0/s1. The van der Waals surface area contributed by atoms with Gasteiger partial charge in [-0.2, -0.15) is 4.98 Å². The fraction of sp³-hybridized carbons (Fsp3) is 0.500. The van der Waals surface area contributed by atoms with Crippen molar-refractivity contribution >= 4 is 22.9 Å². The zero-order valence-electron chi connectivity index (χ0n) is 28.9. The number of aryl methyl sites for hydroxylation is 3. The van der Waals surface area contributed by atoms with Gasteiger partial charge in [0.25, 0.3) is 5.56 Å². The van der Waals surface area contributed by atoms with E-state index in [0.29, 0.717) is 48.3 Å². The summed E-state index contributed by atoms with van der Waals surface area (Å²) in [5, 5.41) is 0.771. The van der Waals surface area contributed by atoms with Gasteiger partial charge < -0.3 is 19.1 Å². The van der Waals surface area contributed by atoms with E-state index in [4.69, 9.17) is 19.7 Å². The van der Waals surface area contributed by atoms with E-state index in [2.05, 4.69) is 24.8 Å². The molecule has 11 heteroatoms. The van der Waals surface area contributed by atoms with Crippen molar-refractivity contribution in [1.29, 1.82) is 0 Å². The summed E-state index contributed by atoms with van der Waals surface area (Å²) in [6.45, 7) is 16.9. The van der Waals surface area contributed by atoms with Gasteiger partial charge in [-0.25, -0.2) is 19.1 Å². The SMILES string of the molecule is Cc1ccnc(C(C)C)c1-n1c(=O)nc(N2CCN(C(=O)OC(C)(C)C)C[C@@H]2C)c2cc(C3CC3)c(-c3cc(C)c(=O)n(C)c3)nc21. The molecule has 0 spiro atoms. The second-order valence-electron chi connectivity index (χ2n) is 14.4. The Balaban J connectivity index is 1.60. The van der Waals surface area contributed by atoms with E-state index in [-0.39, 0.29) is 23.6 Å². The van der Waals surface area contributed by atoms with Crippen LogP contribution in [0.3, 0.4) is 0 Å². The van der Waals surface area contributed by atoms with Crippen LogP contribution in [0.25, 0.3) is 28.0 Å².